The summed E-state index contributed by atoms with van der Waals surface area (Å²) in [5.74, 6) is 2.03. The summed E-state index contributed by atoms with van der Waals surface area (Å²) in [5, 5.41) is 1.14. The number of rotatable bonds is 5. The summed E-state index contributed by atoms with van der Waals surface area (Å²) in [6, 6.07) is 12.4. The summed E-state index contributed by atoms with van der Waals surface area (Å²) in [7, 11) is 1.69. The zero-order chi connectivity index (χ0) is 15.9. The van der Waals surface area contributed by atoms with E-state index in [1.807, 2.05) is 36.3 Å². The smallest absolute Gasteiger partial charge is 0.159 e. The van der Waals surface area contributed by atoms with Crippen LogP contribution in [0.2, 0.25) is 0 Å². The van der Waals surface area contributed by atoms with Crippen LogP contribution in [0.5, 0.6) is 5.75 Å². The van der Waals surface area contributed by atoms with Crippen molar-refractivity contribution in [1.29, 1.82) is 0 Å². The van der Waals surface area contributed by atoms with Crippen LogP contribution in [0, 0.1) is 0 Å². The normalized spacial score (nSPS) is 14.2. The minimum absolute atomic E-state index is 0.845. The SMILES string of the molecule is COc1ccc(CN(Cc2ccncc2)C2=NCCCS2)cc1. The second-order valence-corrected chi connectivity index (χ2v) is 6.49. The number of nitrogens with zero attached hydrogens (tertiary/aromatic N) is 3. The number of pyridine rings is 1. The molecule has 0 saturated carbocycles. The molecule has 0 atom stereocenters. The van der Waals surface area contributed by atoms with Gasteiger partial charge in [-0.05, 0) is 41.8 Å². The summed E-state index contributed by atoms with van der Waals surface area (Å²) < 4.78 is 5.24. The summed E-state index contributed by atoms with van der Waals surface area (Å²) in [6.45, 7) is 2.62. The van der Waals surface area contributed by atoms with E-state index in [2.05, 4.69) is 34.1 Å². The van der Waals surface area contributed by atoms with Gasteiger partial charge in [-0.1, -0.05) is 23.9 Å². The van der Waals surface area contributed by atoms with Gasteiger partial charge in [-0.15, -0.1) is 0 Å². The quantitative estimate of drug-likeness (QED) is 0.841. The lowest BCUT2D eigenvalue weighted by molar-refractivity contribution is 0.407. The van der Waals surface area contributed by atoms with Gasteiger partial charge in [-0.25, -0.2) is 0 Å². The molecule has 0 unspecified atom stereocenters. The molecule has 0 bridgehead atoms. The fourth-order valence-electron chi connectivity index (χ4n) is 2.49. The van der Waals surface area contributed by atoms with Gasteiger partial charge in [0.2, 0.25) is 0 Å². The van der Waals surface area contributed by atoms with Crippen molar-refractivity contribution in [3.05, 3.63) is 59.9 Å². The van der Waals surface area contributed by atoms with Gasteiger partial charge in [0.05, 0.1) is 7.11 Å². The van der Waals surface area contributed by atoms with E-state index < -0.39 is 0 Å². The minimum atomic E-state index is 0.845. The Morgan fingerprint density at radius 1 is 1.04 bits per heavy atom. The first-order valence-electron chi connectivity index (χ1n) is 7.79. The molecule has 0 saturated heterocycles. The largest absolute Gasteiger partial charge is 0.497 e. The van der Waals surface area contributed by atoms with Crippen LogP contribution in [0.1, 0.15) is 17.5 Å². The van der Waals surface area contributed by atoms with E-state index in [0.717, 1.165) is 36.3 Å². The van der Waals surface area contributed by atoms with Gasteiger partial charge in [0.15, 0.2) is 5.17 Å². The molecule has 0 aliphatic carbocycles. The summed E-state index contributed by atoms with van der Waals surface area (Å²) in [5.41, 5.74) is 2.51. The highest BCUT2D eigenvalue weighted by atomic mass is 32.2. The van der Waals surface area contributed by atoms with E-state index in [0.29, 0.717) is 0 Å². The number of aliphatic imine (C=N–C) groups is 1. The number of thioether (sulfide) groups is 1. The molecule has 1 aromatic carbocycles. The Labute approximate surface area is 141 Å². The molecular formula is C18H21N3OS. The average Bonchev–Trinajstić information content (AvgIpc) is 2.63. The molecule has 120 valence electrons. The standard InChI is InChI=1S/C18H21N3OS/c1-22-17-5-3-15(4-6-17)13-21(18-20-9-2-12-23-18)14-16-7-10-19-11-8-16/h3-8,10-11H,2,9,12-14H2,1H3. The third-order valence-corrected chi connectivity index (χ3v) is 4.84. The molecule has 1 aliphatic heterocycles. The molecule has 5 heteroatoms. The van der Waals surface area contributed by atoms with Gasteiger partial charge in [0.25, 0.3) is 0 Å². The van der Waals surface area contributed by atoms with Crippen LogP contribution >= 0.6 is 11.8 Å². The van der Waals surface area contributed by atoms with Gasteiger partial charge in [0.1, 0.15) is 5.75 Å². The third-order valence-electron chi connectivity index (χ3n) is 3.71. The molecule has 2 aromatic rings. The van der Waals surface area contributed by atoms with Crippen molar-refractivity contribution in [3.8, 4) is 5.75 Å². The number of ether oxygens (including phenoxy) is 1. The Balaban J connectivity index is 1.77. The van der Waals surface area contributed by atoms with E-state index in [1.165, 1.54) is 17.5 Å². The van der Waals surface area contributed by atoms with Crippen LogP contribution in [0.15, 0.2) is 53.8 Å². The van der Waals surface area contributed by atoms with Crippen LogP contribution < -0.4 is 4.74 Å². The predicted octanol–water partition coefficient (Wildman–Crippen LogP) is 3.59. The Hall–Kier alpha value is -2.01. The highest BCUT2D eigenvalue weighted by Gasteiger charge is 2.16. The number of hydrogen-bond donors (Lipinski definition) is 0. The zero-order valence-corrected chi connectivity index (χ0v) is 14.1. The van der Waals surface area contributed by atoms with Crippen molar-refractivity contribution < 1.29 is 4.74 Å². The first-order chi connectivity index (χ1) is 11.3. The maximum absolute atomic E-state index is 5.24. The van der Waals surface area contributed by atoms with Gasteiger partial charge in [0, 0.05) is 37.8 Å². The van der Waals surface area contributed by atoms with Crippen molar-refractivity contribution in [3.63, 3.8) is 0 Å². The molecule has 1 aromatic heterocycles. The van der Waals surface area contributed by atoms with E-state index >= 15 is 0 Å². The molecule has 0 N–H and O–H groups in total. The molecule has 1 aliphatic rings. The number of hydrogen-bond acceptors (Lipinski definition) is 5. The number of amidine groups is 1. The molecule has 2 heterocycles. The molecule has 0 fully saturated rings. The number of methoxy groups -OCH3 is 1. The molecule has 4 nitrogen and oxygen atoms in total. The monoisotopic (exact) mass is 327 g/mol. The van der Waals surface area contributed by atoms with E-state index in [1.54, 1.807) is 7.11 Å². The minimum Gasteiger partial charge on any atom is -0.497 e. The van der Waals surface area contributed by atoms with E-state index in [4.69, 9.17) is 9.73 Å². The van der Waals surface area contributed by atoms with E-state index in [-0.39, 0.29) is 0 Å². The maximum atomic E-state index is 5.24. The lowest BCUT2D eigenvalue weighted by atomic mass is 10.2. The van der Waals surface area contributed by atoms with Gasteiger partial charge < -0.3 is 9.64 Å². The molecule has 0 radical (unpaired) electrons. The molecule has 3 rings (SSSR count). The van der Waals surface area contributed by atoms with Crippen LogP contribution in [-0.4, -0.2) is 34.5 Å². The molecule has 0 amide bonds. The Morgan fingerprint density at radius 2 is 1.74 bits per heavy atom. The highest BCUT2D eigenvalue weighted by molar-refractivity contribution is 8.13. The van der Waals surface area contributed by atoms with Gasteiger partial charge in [-0.3, -0.25) is 9.98 Å². The lowest BCUT2D eigenvalue weighted by Gasteiger charge is -2.27. The Kier molecular flexibility index (Phi) is 5.53. The van der Waals surface area contributed by atoms with E-state index in [9.17, 15) is 0 Å². The fourth-order valence-corrected chi connectivity index (χ4v) is 3.44. The van der Waals surface area contributed by atoms with Crippen molar-refractivity contribution in [2.24, 2.45) is 4.99 Å². The Bertz CT molecular complexity index is 643. The van der Waals surface area contributed by atoms with Crippen molar-refractivity contribution >= 4 is 16.9 Å². The van der Waals surface area contributed by atoms with Crippen molar-refractivity contribution in [1.82, 2.24) is 9.88 Å². The topological polar surface area (TPSA) is 37.7 Å². The van der Waals surface area contributed by atoms with Crippen LogP contribution in [0.4, 0.5) is 0 Å². The van der Waals surface area contributed by atoms with Crippen molar-refractivity contribution in [2.45, 2.75) is 19.5 Å². The van der Waals surface area contributed by atoms with Crippen LogP contribution in [-0.2, 0) is 13.1 Å². The fraction of sp³-hybridized carbons (Fsp3) is 0.333. The summed E-state index contributed by atoms with van der Waals surface area (Å²) in [6.07, 6.45) is 4.85. The summed E-state index contributed by atoms with van der Waals surface area (Å²) >= 11 is 1.85. The highest BCUT2D eigenvalue weighted by Crippen LogP contribution is 2.21. The Morgan fingerprint density at radius 3 is 2.35 bits per heavy atom. The molecule has 0 spiro atoms. The first-order valence-corrected chi connectivity index (χ1v) is 8.78. The number of benzene rings is 1. The molecule has 23 heavy (non-hydrogen) atoms. The predicted molar refractivity (Wildman–Crippen MR) is 95.9 cm³/mol. The van der Waals surface area contributed by atoms with Crippen LogP contribution in [0.25, 0.3) is 0 Å². The van der Waals surface area contributed by atoms with Crippen molar-refractivity contribution in [2.75, 3.05) is 19.4 Å². The zero-order valence-electron chi connectivity index (χ0n) is 13.3. The van der Waals surface area contributed by atoms with Gasteiger partial charge >= 0.3 is 0 Å². The lowest BCUT2D eigenvalue weighted by Crippen LogP contribution is -2.30. The number of aromatic nitrogens is 1. The van der Waals surface area contributed by atoms with Crippen LogP contribution in [0.3, 0.4) is 0 Å². The average molecular weight is 327 g/mol. The summed E-state index contributed by atoms with van der Waals surface area (Å²) in [4.78, 5) is 11.2. The maximum Gasteiger partial charge on any atom is 0.159 e. The second-order valence-electron chi connectivity index (χ2n) is 5.43. The third kappa shape index (κ3) is 4.48. The van der Waals surface area contributed by atoms with Gasteiger partial charge in [-0.2, -0.15) is 0 Å². The molecular weight excluding hydrogens is 306 g/mol. The first kappa shape index (κ1) is 15.9. The second kappa shape index (κ2) is 8.02.